The number of thiophene rings is 1. The predicted molar refractivity (Wildman–Crippen MR) is 104 cm³/mol. The van der Waals surface area contributed by atoms with Crippen LogP contribution in [0, 0.1) is 6.92 Å². The van der Waals surface area contributed by atoms with Gasteiger partial charge in [0.05, 0.1) is 17.1 Å². The smallest absolute Gasteiger partial charge is 0.253 e. The van der Waals surface area contributed by atoms with Crippen molar-refractivity contribution < 1.29 is 9.53 Å². The van der Waals surface area contributed by atoms with Crippen LogP contribution in [0.1, 0.15) is 21.6 Å². The van der Waals surface area contributed by atoms with Gasteiger partial charge in [-0.3, -0.25) is 9.78 Å². The van der Waals surface area contributed by atoms with E-state index in [1.165, 1.54) is 0 Å². The van der Waals surface area contributed by atoms with Crippen LogP contribution in [0.4, 0.5) is 0 Å². The van der Waals surface area contributed by atoms with E-state index < -0.39 is 0 Å². The van der Waals surface area contributed by atoms with Crippen molar-refractivity contribution >= 4 is 28.8 Å². The molecule has 2 aromatic heterocycles. The Hall–Kier alpha value is -2.37. The van der Waals surface area contributed by atoms with Gasteiger partial charge in [0.2, 0.25) is 0 Å². The van der Waals surface area contributed by atoms with E-state index in [0.29, 0.717) is 22.8 Å². The summed E-state index contributed by atoms with van der Waals surface area (Å²) in [6.45, 7) is 2.24. The maximum absolute atomic E-state index is 12.3. The zero-order chi connectivity index (χ0) is 18.1. The van der Waals surface area contributed by atoms with Gasteiger partial charge in [-0.25, -0.2) is 0 Å². The van der Waals surface area contributed by atoms with Gasteiger partial charge in [-0.05, 0) is 59.1 Å². The minimum atomic E-state index is -0.139. The van der Waals surface area contributed by atoms with E-state index in [9.17, 15) is 4.79 Å². The van der Waals surface area contributed by atoms with E-state index in [1.807, 2.05) is 18.4 Å². The number of carbonyl (C=O) groups excluding carboxylic acids is 1. The maximum atomic E-state index is 12.3. The van der Waals surface area contributed by atoms with E-state index in [4.69, 9.17) is 16.3 Å². The van der Waals surface area contributed by atoms with Crippen LogP contribution >= 0.6 is 22.9 Å². The van der Waals surface area contributed by atoms with Gasteiger partial charge < -0.3 is 10.1 Å². The molecule has 0 radical (unpaired) electrons. The Morgan fingerprint density at radius 3 is 3.04 bits per heavy atom. The van der Waals surface area contributed by atoms with E-state index in [1.54, 1.807) is 29.7 Å². The molecule has 132 valence electrons. The second-order valence-electron chi connectivity index (χ2n) is 6.25. The Morgan fingerprint density at radius 2 is 2.27 bits per heavy atom. The fraction of sp³-hybridized carbons (Fsp3) is 0.200. The summed E-state index contributed by atoms with van der Waals surface area (Å²) >= 11 is 8.08. The van der Waals surface area contributed by atoms with Gasteiger partial charge >= 0.3 is 0 Å². The highest BCUT2D eigenvalue weighted by atomic mass is 35.5. The first-order chi connectivity index (χ1) is 12.6. The lowest BCUT2D eigenvalue weighted by atomic mass is 10.0. The summed E-state index contributed by atoms with van der Waals surface area (Å²) in [5.74, 6) is 0.586. The quantitative estimate of drug-likeness (QED) is 0.720. The number of ether oxygens (including phenoxy) is 1. The van der Waals surface area contributed by atoms with Gasteiger partial charge in [0, 0.05) is 23.9 Å². The molecule has 1 N–H and O–H groups in total. The molecule has 4 rings (SSSR count). The number of halogens is 1. The minimum absolute atomic E-state index is 0.124. The first kappa shape index (κ1) is 17.1. The molecule has 1 aliphatic rings. The van der Waals surface area contributed by atoms with Crippen molar-refractivity contribution in [1.82, 2.24) is 10.3 Å². The predicted octanol–water partition coefficient (Wildman–Crippen LogP) is 4.51. The van der Waals surface area contributed by atoms with E-state index in [-0.39, 0.29) is 12.0 Å². The van der Waals surface area contributed by atoms with Gasteiger partial charge in [-0.1, -0.05) is 11.6 Å². The van der Waals surface area contributed by atoms with Crippen LogP contribution in [0.5, 0.6) is 5.75 Å². The summed E-state index contributed by atoms with van der Waals surface area (Å²) in [5, 5.41) is 7.69. The summed E-state index contributed by atoms with van der Waals surface area (Å²) in [6, 6.07) is 9.66. The molecule has 0 aliphatic carbocycles. The molecule has 1 unspecified atom stereocenters. The molecule has 1 aromatic carbocycles. The molecule has 6 heteroatoms. The average molecular weight is 385 g/mol. The summed E-state index contributed by atoms with van der Waals surface area (Å²) in [4.78, 5) is 16.5. The van der Waals surface area contributed by atoms with E-state index in [0.717, 1.165) is 28.9 Å². The molecule has 0 bridgehead atoms. The Bertz CT molecular complexity index is 956. The Kier molecular flexibility index (Phi) is 4.66. The van der Waals surface area contributed by atoms with Gasteiger partial charge in [-0.15, -0.1) is 0 Å². The van der Waals surface area contributed by atoms with E-state index in [2.05, 4.69) is 27.8 Å². The highest BCUT2D eigenvalue weighted by Crippen LogP contribution is 2.39. The lowest BCUT2D eigenvalue weighted by Gasteiger charge is -2.13. The Balaban J connectivity index is 1.45. The normalized spacial score (nSPS) is 15.4. The SMILES string of the molecule is Cc1ncccc1C(=O)NCC1Cc2cc(-c3ccsc3)cc(Cl)c2O1. The molecule has 1 atom stereocenters. The molecule has 0 fully saturated rings. The van der Waals surface area contributed by atoms with Crippen molar-refractivity contribution in [3.63, 3.8) is 0 Å². The van der Waals surface area contributed by atoms with E-state index >= 15 is 0 Å². The topological polar surface area (TPSA) is 51.2 Å². The third kappa shape index (κ3) is 3.32. The summed E-state index contributed by atoms with van der Waals surface area (Å²) in [5.41, 5.74) is 4.62. The molecule has 3 heterocycles. The molecule has 0 spiro atoms. The number of rotatable bonds is 4. The highest BCUT2D eigenvalue weighted by Gasteiger charge is 2.26. The number of fused-ring (bicyclic) bond motifs is 1. The Morgan fingerprint density at radius 1 is 1.38 bits per heavy atom. The largest absolute Gasteiger partial charge is 0.486 e. The van der Waals surface area contributed by atoms with Gasteiger partial charge in [0.1, 0.15) is 11.9 Å². The number of aromatic nitrogens is 1. The van der Waals surface area contributed by atoms with Crippen molar-refractivity contribution in [3.05, 3.63) is 69.1 Å². The van der Waals surface area contributed by atoms with Crippen LogP contribution in [-0.4, -0.2) is 23.5 Å². The molecule has 1 amide bonds. The first-order valence-electron chi connectivity index (χ1n) is 8.33. The van der Waals surface area contributed by atoms with Crippen LogP contribution in [0.2, 0.25) is 5.02 Å². The van der Waals surface area contributed by atoms with Gasteiger partial charge in [0.25, 0.3) is 5.91 Å². The molecular weight excluding hydrogens is 368 g/mol. The van der Waals surface area contributed by atoms with Crippen molar-refractivity contribution in [3.8, 4) is 16.9 Å². The van der Waals surface area contributed by atoms with Gasteiger partial charge in [0.15, 0.2) is 0 Å². The van der Waals surface area contributed by atoms with Crippen molar-refractivity contribution in [1.29, 1.82) is 0 Å². The van der Waals surface area contributed by atoms with Crippen LogP contribution in [0.25, 0.3) is 11.1 Å². The highest BCUT2D eigenvalue weighted by molar-refractivity contribution is 7.08. The number of hydrogen-bond donors (Lipinski definition) is 1. The van der Waals surface area contributed by atoms with Crippen LogP contribution in [-0.2, 0) is 6.42 Å². The van der Waals surface area contributed by atoms with Crippen molar-refractivity contribution in [2.24, 2.45) is 0 Å². The fourth-order valence-corrected chi connectivity index (χ4v) is 4.07. The van der Waals surface area contributed by atoms with Crippen molar-refractivity contribution in [2.45, 2.75) is 19.4 Å². The number of carbonyl (C=O) groups is 1. The lowest BCUT2D eigenvalue weighted by molar-refractivity contribution is 0.0932. The summed E-state index contributed by atoms with van der Waals surface area (Å²) in [7, 11) is 0. The number of pyridine rings is 1. The fourth-order valence-electron chi connectivity index (χ4n) is 3.12. The molecular formula is C20H17ClN2O2S. The Labute approximate surface area is 160 Å². The second-order valence-corrected chi connectivity index (χ2v) is 7.44. The summed E-state index contributed by atoms with van der Waals surface area (Å²) in [6.07, 6.45) is 2.27. The molecule has 0 saturated heterocycles. The summed E-state index contributed by atoms with van der Waals surface area (Å²) < 4.78 is 5.97. The second kappa shape index (κ2) is 7.09. The number of benzene rings is 1. The molecule has 1 aliphatic heterocycles. The monoisotopic (exact) mass is 384 g/mol. The zero-order valence-electron chi connectivity index (χ0n) is 14.2. The third-order valence-corrected chi connectivity index (χ3v) is 5.41. The van der Waals surface area contributed by atoms with Crippen LogP contribution < -0.4 is 10.1 Å². The van der Waals surface area contributed by atoms with Crippen LogP contribution in [0.3, 0.4) is 0 Å². The molecule has 3 aromatic rings. The number of nitrogens with one attached hydrogen (secondary N) is 1. The van der Waals surface area contributed by atoms with Crippen molar-refractivity contribution in [2.75, 3.05) is 6.54 Å². The third-order valence-electron chi connectivity index (χ3n) is 4.45. The zero-order valence-corrected chi connectivity index (χ0v) is 15.7. The number of nitrogens with zero attached hydrogens (tertiary/aromatic N) is 1. The number of hydrogen-bond acceptors (Lipinski definition) is 4. The molecule has 26 heavy (non-hydrogen) atoms. The lowest BCUT2D eigenvalue weighted by Crippen LogP contribution is -2.34. The number of amides is 1. The average Bonchev–Trinajstić information content (AvgIpc) is 3.29. The van der Waals surface area contributed by atoms with Crippen LogP contribution in [0.15, 0.2) is 47.3 Å². The van der Waals surface area contributed by atoms with Gasteiger partial charge in [-0.2, -0.15) is 11.3 Å². The minimum Gasteiger partial charge on any atom is -0.486 e. The number of aryl methyl sites for hydroxylation is 1. The molecule has 0 saturated carbocycles. The first-order valence-corrected chi connectivity index (χ1v) is 9.65. The standard InChI is InChI=1S/C20H17ClN2O2S/c1-12-17(3-2-5-22-12)20(24)23-10-16-8-15-7-14(13-4-6-26-11-13)9-18(21)19(15)25-16/h2-7,9,11,16H,8,10H2,1H3,(H,23,24). The maximum Gasteiger partial charge on any atom is 0.253 e. The molecule has 4 nitrogen and oxygen atoms in total.